The van der Waals surface area contributed by atoms with Crippen molar-refractivity contribution in [1.29, 1.82) is 0 Å². The quantitative estimate of drug-likeness (QED) is 0.793. The van der Waals surface area contributed by atoms with E-state index in [0.29, 0.717) is 5.75 Å². The molecule has 1 aromatic carbocycles. The minimum Gasteiger partial charge on any atom is -0.508 e. The number of nitrogens with two attached hydrogens (primary N) is 1. The molecule has 92 valence electrons. The van der Waals surface area contributed by atoms with Crippen LogP contribution in [0.3, 0.4) is 0 Å². The Morgan fingerprint density at radius 3 is 1.81 bits per heavy atom. The molecule has 2 nitrogen and oxygen atoms in total. The molecular formula is C13H22ClNO. The van der Waals surface area contributed by atoms with Crippen molar-refractivity contribution < 1.29 is 5.11 Å². The largest absolute Gasteiger partial charge is 0.508 e. The van der Waals surface area contributed by atoms with Gasteiger partial charge in [0.05, 0.1) is 0 Å². The van der Waals surface area contributed by atoms with Gasteiger partial charge in [-0.1, -0.05) is 20.8 Å². The van der Waals surface area contributed by atoms with E-state index in [1.165, 1.54) is 0 Å². The summed E-state index contributed by atoms with van der Waals surface area (Å²) >= 11 is 0. The molecule has 0 aliphatic heterocycles. The molecule has 0 heterocycles. The van der Waals surface area contributed by atoms with Crippen molar-refractivity contribution in [2.45, 2.75) is 40.7 Å². The maximum absolute atomic E-state index is 9.46. The van der Waals surface area contributed by atoms with Gasteiger partial charge in [-0.3, -0.25) is 0 Å². The summed E-state index contributed by atoms with van der Waals surface area (Å²) in [4.78, 5) is 0. The Morgan fingerprint density at radius 1 is 1.12 bits per heavy atom. The molecule has 1 atom stereocenters. The van der Waals surface area contributed by atoms with E-state index >= 15 is 0 Å². The van der Waals surface area contributed by atoms with E-state index < -0.39 is 0 Å². The topological polar surface area (TPSA) is 46.2 Å². The summed E-state index contributed by atoms with van der Waals surface area (Å²) in [6.07, 6.45) is 0. The molecule has 1 rings (SSSR count). The first-order valence-corrected chi connectivity index (χ1v) is 5.29. The zero-order valence-electron chi connectivity index (χ0n) is 10.7. The molecule has 0 fully saturated rings. The number of hydrogen-bond donors (Lipinski definition) is 2. The van der Waals surface area contributed by atoms with Gasteiger partial charge >= 0.3 is 0 Å². The van der Waals surface area contributed by atoms with Crippen LogP contribution in [0.4, 0.5) is 0 Å². The Hall–Kier alpha value is -0.730. The van der Waals surface area contributed by atoms with Crippen LogP contribution < -0.4 is 5.73 Å². The second-order valence-electron chi connectivity index (χ2n) is 5.34. The molecule has 3 N–H and O–H groups in total. The first-order chi connectivity index (χ1) is 6.73. The number of aromatic hydroxyl groups is 1. The van der Waals surface area contributed by atoms with E-state index in [1.54, 1.807) is 12.1 Å². The van der Waals surface area contributed by atoms with Crippen LogP contribution in [0.2, 0.25) is 0 Å². The third-order valence-electron chi connectivity index (χ3n) is 2.82. The van der Waals surface area contributed by atoms with Crippen LogP contribution >= 0.6 is 12.4 Å². The molecule has 0 bridgehead atoms. The van der Waals surface area contributed by atoms with E-state index in [4.69, 9.17) is 5.73 Å². The molecule has 0 radical (unpaired) electrons. The van der Waals surface area contributed by atoms with Crippen molar-refractivity contribution in [2.75, 3.05) is 0 Å². The third-order valence-corrected chi connectivity index (χ3v) is 2.82. The Labute approximate surface area is 104 Å². The average Bonchev–Trinajstić information content (AvgIpc) is 1.99. The fraction of sp³-hybridized carbons (Fsp3) is 0.538. The highest BCUT2D eigenvalue weighted by atomic mass is 35.5. The summed E-state index contributed by atoms with van der Waals surface area (Å²) in [5.41, 5.74) is 9.56. The molecule has 0 amide bonds. The molecular weight excluding hydrogens is 222 g/mol. The molecule has 16 heavy (non-hydrogen) atoms. The number of aryl methyl sites for hydroxylation is 2. The number of hydrogen-bond acceptors (Lipinski definition) is 2. The molecule has 0 aliphatic carbocycles. The lowest BCUT2D eigenvalue weighted by atomic mass is 9.80. The number of benzene rings is 1. The van der Waals surface area contributed by atoms with Crippen LogP contribution in [-0.4, -0.2) is 5.11 Å². The van der Waals surface area contributed by atoms with Crippen molar-refractivity contribution >= 4 is 12.4 Å². The zero-order chi connectivity index (χ0) is 11.8. The lowest BCUT2D eigenvalue weighted by molar-refractivity contribution is 0.324. The van der Waals surface area contributed by atoms with Crippen molar-refractivity contribution in [3.8, 4) is 5.75 Å². The lowest BCUT2D eigenvalue weighted by Crippen LogP contribution is -2.27. The number of halogens is 1. The van der Waals surface area contributed by atoms with Crippen LogP contribution in [0.5, 0.6) is 5.75 Å². The van der Waals surface area contributed by atoms with Gasteiger partial charge in [0.25, 0.3) is 0 Å². The summed E-state index contributed by atoms with van der Waals surface area (Å²) < 4.78 is 0. The minimum absolute atomic E-state index is 0. The summed E-state index contributed by atoms with van der Waals surface area (Å²) in [5.74, 6) is 0.315. The monoisotopic (exact) mass is 243 g/mol. The van der Waals surface area contributed by atoms with Gasteiger partial charge in [0.2, 0.25) is 0 Å². The summed E-state index contributed by atoms with van der Waals surface area (Å²) in [6, 6.07) is 3.54. The fourth-order valence-electron chi connectivity index (χ4n) is 1.88. The van der Waals surface area contributed by atoms with Gasteiger partial charge in [-0.15, -0.1) is 12.4 Å². The molecule has 0 saturated heterocycles. The smallest absolute Gasteiger partial charge is 0.116 e. The van der Waals surface area contributed by atoms with Crippen LogP contribution in [0.1, 0.15) is 43.5 Å². The maximum Gasteiger partial charge on any atom is 0.116 e. The van der Waals surface area contributed by atoms with Crippen LogP contribution in [0.25, 0.3) is 0 Å². The zero-order valence-corrected chi connectivity index (χ0v) is 11.5. The van der Waals surface area contributed by atoms with Gasteiger partial charge in [-0.2, -0.15) is 0 Å². The van der Waals surface area contributed by atoms with E-state index in [9.17, 15) is 5.11 Å². The molecule has 0 unspecified atom stereocenters. The van der Waals surface area contributed by atoms with E-state index in [2.05, 4.69) is 20.8 Å². The third kappa shape index (κ3) is 3.13. The highest BCUT2D eigenvalue weighted by Gasteiger charge is 2.25. The van der Waals surface area contributed by atoms with Crippen molar-refractivity contribution in [3.63, 3.8) is 0 Å². The van der Waals surface area contributed by atoms with Gasteiger partial charge in [0.15, 0.2) is 0 Å². The number of phenolic OH excluding ortho intramolecular Hbond substituents is 1. The first-order valence-electron chi connectivity index (χ1n) is 5.29. The predicted octanol–water partition coefficient (Wildman–Crippen LogP) is 3.48. The van der Waals surface area contributed by atoms with E-state index in [-0.39, 0.29) is 23.9 Å². The molecule has 1 aromatic rings. The number of rotatable bonds is 1. The predicted molar refractivity (Wildman–Crippen MR) is 71.2 cm³/mol. The summed E-state index contributed by atoms with van der Waals surface area (Å²) in [6.45, 7) is 10.4. The Morgan fingerprint density at radius 2 is 1.50 bits per heavy atom. The normalized spacial score (nSPS) is 13.1. The number of phenols is 1. The minimum atomic E-state index is -0.00176. The van der Waals surface area contributed by atoms with Gasteiger partial charge in [0.1, 0.15) is 5.75 Å². The molecule has 0 aromatic heterocycles. The van der Waals surface area contributed by atoms with Crippen LogP contribution in [0, 0.1) is 19.3 Å². The van der Waals surface area contributed by atoms with Crippen LogP contribution in [0.15, 0.2) is 12.1 Å². The lowest BCUT2D eigenvalue weighted by Gasteiger charge is -2.30. The van der Waals surface area contributed by atoms with Crippen LogP contribution in [-0.2, 0) is 0 Å². The van der Waals surface area contributed by atoms with Gasteiger partial charge in [-0.05, 0) is 48.1 Å². The fourth-order valence-corrected chi connectivity index (χ4v) is 1.88. The Kier molecular flexibility index (Phi) is 4.84. The summed E-state index contributed by atoms with van der Waals surface area (Å²) in [5, 5.41) is 9.46. The van der Waals surface area contributed by atoms with E-state index in [0.717, 1.165) is 16.7 Å². The first kappa shape index (κ1) is 15.3. The van der Waals surface area contributed by atoms with Crippen molar-refractivity contribution in [1.82, 2.24) is 0 Å². The Balaban J connectivity index is 0.00000225. The second-order valence-corrected chi connectivity index (χ2v) is 5.34. The van der Waals surface area contributed by atoms with Crippen molar-refractivity contribution in [3.05, 3.63) is 28.8 Å². The highest BCUT2D eigenvalue weighted by Crippen LogP contribution is 2.35. The van der Waals surface area contributed by atoms with Gasteiger partial charge < -0.3 is 10.8 Å². The maximum atomic E-state index is 9.46. The van der Waals surface area contributed by atoms with Crippen molar-refractivity contribution in [2.24, 2.45) is 11.1 Å². The standard InChI is InChI=1S/C13H21NO.ClH/c1-8-6-10(15)7-9(2)11(8)12(14)13(3,4)5;/h6-7,12,15H,14H2,1-5H3;1H/t12-;/m1./s1. The average molecular weight is 244 g/mol. The Bertz CT molecular complexity index is 346. The second kappa shape index (κ2) is 5.07. The molecule has 0 saturated carbocycles. The van der Waals surface area contributed by atoms with E-state index in [1.807, 2.05) is 13.8 Å². The molecule has 0 aliphatic rings. The molecule has 3 heteroatoms. The SMILES string of the molecule is Cc1cc(O)cc(C)c1[C@@H](N)C(C)(C)C.Cl. The molecule has 0 spiro atoms. The highest BCUT2D eigenvalue weighted by molar-refractivity contribution is 5.85. The van der Waals surface area contributed by atoms with Gasteiger partial charge in [-0.25, -0.2) is 0 Å². The van der Waals surface area contributed by atoms with Gasteiger partial charge in [0, 0.05) is 6.04 Å². The summed E-state index contributed by atoms with van der Waals surface area (Å²) in [7, 11) is 0.